The van der Waals surface area contributed by atoms with E-state index in [-0.39, 0.29) is 5.69 Å². The van der Waals surface area contributed by atoms with Crippen LogP contribution >= 0.6 is 0 Å². The molecule has 0 N–H and O–H groups in total. The average molecular weight is 436 g/mol. The summed E-state index contributed by atoms with van der Waals surface area (Å²) >= 11 is 0. The lowest BCUT2D eigenvalue weighted by atomic mass is 9.97. The molecule has 32 heavy (non-hydrogen) atoms. The van der Waals surface area contributed by atoms with Crippen molar-refractivity contribution in [2.45, 2.75) is 33.7 Å². The lowest BCUT2D eigenvalue weighted by molar-refractivity contribution is 0.508. The molecule has 0 unspecified atom stereocenters. The van der Waals surface area contributed by atoms with Gasteiger partial charge in [-0.3, -0.25) is 4.98 Å². The molecule has 0 bridgehead atoms. The lowest BCUT2D eigenvalue weighted by Gasteiger charge is -2.31. The first kappa shape index (κ1) is 20.3. The summed E-state index contributed by atoms with van der Waals surface area (Å²) in [5, 5.41) is 4.24. The van der Waals surface area contributed by atoms with Crippen LogP contribution in [-0.2, 0) is 20.0 Å². The van der Waals surface area contributed by atoms with E-state index >= 15 is 0 Å². The van der Waals surface area contributed by atoms with Crippen molar-refractivity contribution in [3.63, 3.8) is 0 Å². The van der Waals surface area contributed by atoms with Crippen molar-refractivity contribution in [1.82, 2.24) is 24.1 Å². The van der Waals surface area contributed by atoms with Crippen LogP contribution < -0.4 is 10.6 Å². The summed E-state index contributed by atoms with van der Waals surface area (Å²) in [5.74, 6) is -0.588. The van der Waals surface area contributed by atoms with Crippen LogP contribution in [0.3, 0.4) is 0 Å². The molecule has 0 aliphatic carbocycles. The van der Waals surface area contributed by atoms with E-state index in [2.05, 4.69) is 20.0 Å². The first-order valence-electron chi connectivity index (χ1n) is 10.4. The molecule has 164 valence electrons. The number of hydrogen-bond donors (Lipinski definition) is 0. The number of nitrogens with zero attached hydrogens (tertiary/aromatic N) is 6. The minimum atomic E-state index is -0.876. The number of fused-ring (bicyclic) bond motifs is 2. The molecule has 1 aromatic carbocycles. The Balaban J connectivity index is 1.55. The normalized spacial score (nSPS) is 13.6. The van der Waals surface area contributed by atoms with Gasteiger partial charge in [-0.2, -0.15) is 4.98 Å². The predicted molar refractivity (Wildman–Crippen MR) is 117 cm³/mol. The van der Waals surface area contributed by atoms with Gasteiger partial charge in [0.05, 0.1) is 0 Å². The van der Waals surface area contributed by atoms with Gasteiger partial charge in [-0.05, 0) is 55.7 Å². The van der Waals surface area contributed by atoms with Crippen LogP contribution in [-0.4, -0.2) is 30.7 Å². The van der Waals surface area contributed by atoms with Gasteiger partial charge in [-0.25, -0.2) is 22.7 Å². The quantitative estimate of drug-likeness (QED) is 0.483. The maximum Gasteiger partial charge on any atom is 0.351 e. The first-order chi connectivity index (χ1) is 15.2. The molecule has 1 aliphatic heterocycles. The van der Waals surface area contributed by atoms with Gasteiger partial charge in [0, 0.05) is 55.3 Å². The zero-order chi connectivity index (χ0) is 22.7. The van der Waals surface area contributed by atoms with E-state index in [0.29, 0.717) is 23.4 Å². The molecule has 0 fully saturated rings. The van der Waals surface area contributed by atoms with Gasteiger partial charge < -0.3 is 4.90 Å². The van der Waals surface area contributed by atoms with E-state index in [4.69, 9.17) is 0 Å². The van der Waals surface area contributed by atoms with Crippen LogP contribution in [0, 0.1) is 32.4 Å². The van der Waals surface area contributed by atoms with Crippen LogP contribution in [0.1, 0.15) is 28.1 Å². The fourth-order valence-electron chi connectivity index (χ4n) is 4.35. The summed E-state index contributed by atoms with van der Waals surface area (Å²) in [7, 11) is 1.61. The zero-order valence-corrected chi connectivity index (χ0v) is 18.3. The highest BCUT2D eigenvalue weighted by atomic mass is 19.2. The second-order valence-corrected chi connectivity index (χ2v) is 8.27. The van der Waals surface area contributed by atoms with E-state index < -0.39 is 11.6 Å². The van der Waals surface area contributed by atoms with Crippen LogP contribution in [0.2, 0.25) is 0 Å². The number of aryl methyl sites for hydroxylation is 3. The summed E-state index contributed by atoms with van der Waals surface area (Å²) in [6.07, 6.45) is 2.45. The van der Waals surface area contributed by atoms with Crippen molar-refractivity contribution < 1.29 is 8.78 Å². The highest BCUT2D eigenvalue weighted by molar-refractivity contribution is 5.68. The van der Waals surface area contributed by atoms with Gasteiger partial charge in [0.1, 0.15) is 5.82 Å². The first-order valence-corrected chi connectivity index (χ1v) is 10.4. The van der Waals surface area contributed by atoms with Gasteiger partial charge in [0.2, 0.25) is 0 Å². The Hall–Kier alpha value is -3.62. The Bertz CT molecular complexity index is 1460. The molecular formula is C23H22F2N6O. The molecule has 0 amide bonds. The maximum atomic E-state index is 13.9. The Morgan fingerprint density at radius 3 is 2.59 bits per heavy atom. The fourth-order valence-corrected chi connectivity index (χ4v) is 4.35. The number of anilines is 1. The van der Waals surface area contributed by atoms with Crippen molar-refractivity contribution in [2.24, 2.45) is 7.05 Å². The number of halogens is 2. The monoisotopic (exact) mass is 436 g/mol. The molecular weight excluding hydrogens is 414 g/mol. The van der Waals surface area contributed by atoms with E-state index in [9.17, 15) is 13.6 Å². The highest BCUT2D eigenvalue weighted by Gasteiger charge is 2.24. The Labute approximate surface area is 183 Å². The predicted octanol–water partition coefficient (Wildman–Crippen LogP) is 3.26. The molecule has 0 atom stereocenters. The second kappa shape index (κ2) is 7.22. The van der Waals surface area contributed by atoms with Gasteiger partial charge in [-0.1, -0.05) is 0 Å². The van der Waals surface area contributed by atoms with E-state index in [1.54, 1.807) is 20.2 Å². The number of rotatable bonds is 2. The topological polar surface area (TPSA) is 68.3 Å². The number of aromatic nitrogens is 5. The van der Waals surface area contributed by atoms with Gasteiger partial charge in [-0.15, -0.1) is 5.10 Å². The molecule has 9 heteroatoms. The Morgan fingerprint density at radius 1 is 1.06 bits per heavy atom. The summed E-state index contributed by atoms with van der Waals surface area (Å²) < 4.78 is 30.2. The number of pyridine rings is 1. The van der Waals surface area contributed by atoms with Crippen LogP contribution in [0.15, 0.2) is 29.2 Å². The molecule has 7 nitrogen and oxygen atoms in total. The molecule has 1 aliphatic rings. The summed E-state index contributed by atoms with van der Waals surface area (Å²) in [4.78, 5) is 23.8. The molecule has 0 saturated heterocycles. The van der Waals surface area contributed by atoms with Gasteiger partial charge in [0.25, 0.3) is 5.78 Å². The lowest BCUT2D eigenvalue weighted by Crippen LogP contribution is -2.33. The minimum Gasteiger partial charge on any atom is -0.351 e. The van der Waals surface area contributed by atoms with Crippen LogP contribution in [0.25, 0.3) is 16.9 Å². The largest absolute Gasteiger partial charge is 0.351 e. The summed E-state index contributed by atoms with van der Waals surface area (Å²) in [5.41, 5.74) is 5.50. The van der Waals surface area contributed by atoms with Crippen molar-refractivity contribution in [3.8, 4) is 11.1 Å². The Morgan fingerprint density at radius 2 is 1.81 bits per heavy atom. The zero-order valence-electron chi connectivity index (χ0n) is 18.3. The summed E-state index contributed by atoms with van der Waals surface area (Å²) in [6, 6.07) is 4.41. The second-order valence-electron chi connectivity index (χ2n) is 8.27. The van der Waals surface area contributed by atoms with Crippen LogP contribution in [0.4, 0.5) is 14.6 Å². The minimum absolute atomic E-state index is 0.223. The SMILES string of the molecule is Cc1cc(F)c(F)cc1-c1cnc2c(c1)CN(c1nc3nn(C)c(=O)n3c(C)c1C)CC2. The molecule has 0 saturated carbocycles. The summed E-state index contributed by atoms with van der Waals surface area (Å²) in [6.45, 7) is 6.89. The Kier molecular flexibility index (Phi) is 4.58. The number of hydrogen-bond acceptors (Lipinski definition) is 5. The molecule has 4 heterocycles. The third kappa shape index (κ3) is 3.07. The third-order valence-corrected chi connectivity index (χ3v) is 6.24. The third-order valence-electron chi connectivity index (χ3n) is 6.24. The number of benzene rings is 1. The van der Waals surface area contributed by atoms with E-state index in [1.165, 1.54) is 21.2 Å². The highest BCUT2D eigenvalue weighted by Crippen LogP contribution is 2.31. The molecule has 0 spiro atoms. The van der Waals surface area contributed by atoms with Crippen molar-refractivity contribution >= 4 is 11.6 Å². The van der Waals surface area contributed by atoms with Gasteiger partial charge >= 0.3 is 5.69 Å². The molecule has 3 aromatic heterocycles. The van der Waals surface area contributed by atoms with E-state index in [0.717, 1.165) is 46.9 Å². The molecule has 4 aromatic rings. The van der Waals surface area contributed by atoms with Crippen molar-refractivity contribution in [2.75, 3.05) is 11.4 Å². The van der Waals surface area contributed by atoms with Crippen LogP contribution in [0.5, 0.6) is 0 Å². The van der Waals surface area contributed by atoms with Crippen molar-refractivity contribution in [3.05, 3.63) is 74.6 Å². The molecule has 5 rings (SSSR count). The maximum absolute atomic E-state index is 13.9. The van der Waals surface area contributed by atoms with Gasteiger partial charge in [0.15, 0.2) is 11.6 Å². The fraction of sp³-hybridized carbons (Fsp3) is 0.304. The van der Waals surface area contributed by atoms with Crippen molar-refractivity contribution in [1.29, 1.82) is 0 Å². The smallest absolute Gasteiger partial charge is 0.351 e. The molecule has 0 radical (unpaired) electrons. The average Bonchev–Trinajstić information content (AvgIpc) is 3.06. The standard InChI is InChI=1S/C23H22F2N6O/c1-12-7-18(24)19(25)9-17(12)15-8-16-11-30(6-5-20(16)26-10-15)21-13(2)14(3)31-22(27-21)28-29(4)23(31)32/h7-10H,5-6,11H2,1-4H3. The van der Waals surface area contributed by atoms with E-state index in [1.807, 2.05) is 19.9 Å².